The zero-order chi connectivity index (χ0) is 17.1. The van der Waals surface area contributed by atoms with E-state index in [2.05, 4.69) is 4.98 Å². The van der Waals surface area contributed by atoms with E-state index in [4.69, 9.17) is 23.2 Å². The van der Waals surface area contributed by atoms with Gasteiger partial charge >= 0.3 is 0 Å². The molecule has 5 nitrogen and oxygen atoms in total. The van der Waals surface area contributed by atoms with Crippen molar-refractivity contribution in [2.24, 2.45) is 0 Å². The Balaban J connectivity index is 1.63. The molecule has 0 atom stereocenters. The molecule has 24 heavy (non-hydrogen) atoms. The Bertz CT molecular complexity index is 708. The Kier molecular flexibility index (Phi) is 5.02. The fourth-order valence-corrected chi connectivity index (χ4v) is 3.00. The van der Waals surface area contributed by atoms with Crippen LogP contribution in [0, 0.1) is 0 Å². The monoisotopic (exact) mass is 363 g/mol. The van der Waals surface area contributed by atoms with Gasteiger partial charge in [0.05, 0.1) is 0 Å². The summed E-state index contributed by atoms with van der Waals surface area (Å²) < 4.78 is 0. The number of hydrogen-bond donors (Lipinski definition) is 0. The molecule has 0 N–H and O–H groups in total. The summed E-state index contributed by atoms with van der Waals surface area (Å²) in [6.45, 7) is 1.92. The Morgan fingerprint density at radius 3 is 2.00 bits per heavy atom. The molecule has 1 saturated heterocycles. The van der Waals surface area contributed by atoms with E-state index >= 15 is 0 Å². The summed E-state index contributed by atoms with van der Waals surface area (Å²) in [7, 11) is 0. The third kappa shape index (κ3) is 3.68. The van der Waals surface area contributed by atoms with Crippen molar-refractivity contribution >= 4 is 35.0 Å². The van der Waals surface area contributed by atoms with Gasteiger partial charge in [-0.3, -0.25) is 9.59 Å². The van der Waals surface area contributed by atoms with Crippen LogP contribution in [0.1, 0.15) is 20.7 Å². The molecule has 0 spiro atoms. The summed E-state index contributed by atoms with van der Waals surface area (Å²) in [5, 5.41) is 0.819. The van der Waals surface area contributed by atoms with Gasteiger partial charge in [-0.25, -0.2) is 4.98 Å². The highest BCUT2D eigenvalue weighted by molar-refractivity contribution is 6.31. The Labute approximate surface area is 149 Å². The maximum atomic E-state index is 12.5. The molecule has 1 aliphatic rings. The topological polar surface area (TPSA) is 53.5 Å². The first kappa shape index (κ1) is 16.7. The van der Waals surface area contributed by atoms with Gasteiger partial charge in [-0.2, -0.15) is 0 Å². The predicted octanol–water partition coefficient (Wildman–Crippen LogP) is 2.99. The normalized spacial score (nSPS) is 14.6. The molecular formula is C17H15Cl2N3O2. The number of piperazine rings is 1. The van der Waals surface area contributed by atoms with Gasteiger partial charge in [0, 0.05) is 48.5 Å². The number of hydrogen-bond acceptors (Lipinski definition) is 3. The predicted molar refractivity (Wildman–Crippen MR) is 92.5 cm³/mol. The number of pyridine rings is 1. The van der Waals surface area contributed by atoms with Gasteiger partial charge in [0.25, 0.3) is 11.8 Å². The molecule has 7 heteroatoms. The van der Waals surface area contributed by atoms with E-state index < -0.39 is 0 Å². The molecule has 3 rings (SSSR count). The van der Waals surface area contributed by atoms with Crippen LogP contribution in [0.5, 0.6) is 0 Å². The second-order valence-corrected chi connectivity index (χ2v) is 6.29. The summed E-state index contributed by atoms with van der Waals surface area (Å²) in [5.41, 5.74) is 1.06. The largest absolute Gasteiger partial charge is 0.335 e. The number of amides is 2. The molecule has 2 aromatic rings. The number of aromatic nitrogens is 1. The van der Waals surface area contributed by atoms with E-state index in [1.165, 1.54) is 6.20 Å². The molecule has 0 radical (unpaired) electrons. The van der Waals surface area contributed by atoms with Gasteiger partial charge in [-0.05, 0) is 30.3 Å². The first-order valence-corrected chi connectivity index (χ1v) is 8.26. The van der Waals surface area contributed by atoms with Crippen LogP contribution in [0.3, 0.4) is 0 Å². The maximum absolute atomic E-state index is 12.5. The standard InChI is InChI=1S/C17H15Cl2N3O2/c18-14-3-1-2-12(10-14)16(23)21-6-8-22(9-7-21)17(24)13-4-5-20-15(19)11-13/h1-5,10-11H,6-9H2. The lowest BCUT2D eigenvalue weighted by Gasteiger charge is -2.34. The van der Waals surface area contributed by atoms with E-state index in [0.29, 0.717) is 42.3 Å². The Morgan fingerprint density at radius 1 is 0.875 bits per heavy atom. The van der Waals surface area contributed by atoms with Crippen molar-refractivity contribution in [3.8, 4) is 0 Å². The lowest BCUT2D eigenvalue weighted by Crippen LogP contribution is -2.50. The molecule has 124 valence electrons. The molecular weight excluding hydrogens is 349 g/mol. The van der Waals surface area contributed by atoms with Crippen molar-refractivity contribution in [3.05, 3.63) is 63.9 Å². The Hall–Kier alpha value is -2.11. The smallest absolute Gasteiger partial charge is 0.254 e. The average Bonchev–Trinajstić information content (AvgIpc) is 2.60. The summed E-state index contributed by atoms with van der Waals surface area (Å²) in [4.78, 5) is 32.3. The molecule has 2 amide bonds. The number of halogens is 2. The van der Waals surface area contributed by atoms with Crippen LogP contribution in [-0.2, 0) is 0 Å². The summed E-state index contributed by atoms with van der Waals surface area (Å²) >= 11 is 11.8. The molecule has 0 bridgehead atoms. The molecule has 0 saturated carbocycles. The van der Waals surface area contributed by atoms with E-state index in [-0.39, 0.29) is 17.0 Å². The molecule has 1 aromatic carbocycles. The van der Waals surface area contributed by atoms with E-state index in [9.17, 15) is 9.59 Å². The second kappa shape index (κ2) is 7.20. The summed E-state index contributed by atoms with van der Waals surface area (Å²) in [6.07, 6.45) is 1.51. The van der Waals surface area contributed by atoms with Crippen molar-refractivity contribution in [3.63, 3.8) is 0 Å². The molecule has 0 aliphatic carbocycles. The van der Waals surface area contributed by atoms with Crippen molar-refractivity contribution < 1.29 is 9.59 Å². The van der Waals surface area contributed by atoms with Crippen molar-refractivity contribution in [2.45, 2.75) is 0 Å². The van der Waals surface area contributed by atoms with Crippen LogP contribution in [-0.4, -0.2) is 52.8 Å². The highest BCUT2D eigenvalue weighted by atomic mass is 35.5. The van der Waals surface area contributed by atoms with E-state index in [1.807, 2.05) is 0 Å². The van der Waals surface area contributed by atoms with Crippen LogP contribution >= 0.6 is 23.2 Å². The number of rotatable bonds is 2. The third-order valence-corrected chi connectivity index (χ3v) is 4.34. The quantitative estimate of drug-likeness (QED) is 0.770. The minimum Gasteiger partial charge on any atom is -0.335 e. The first-order valence-electron chi connectivity index (χ1n) is 7.50. The maximum Gasteiger partial charge on any atom is 0.254 e. The van der Waals surface area contributed by atoms with Crippen molar-refractivity contribution in [1.82, 2.24) is 14.8 Å². The number of carbonyl (C=O) groups excluding carboxylic acids is 2. The van der Waals surface area contributed by atoms with Crippen molar-refractivity contribution in [2.75, 3.05) is 26.2 Å². The fourth-order valence-electron chi connectivity index (χ4n) is 2.63. The van der Waals surface area contributed by atoms with Gasteiger partial charge in [0.1, 0.15) is 5.15 Å². The van der Waals surface area contributed by atoms with Crippen LogP contribution in [0.15, 0.2) is 42.6 Å². The number of nitrogens with zero attached hydrogens (tertiary/aromatic N) is 3. The van der Waals surface area contributed by atoms with Crippen molar-refractivity contribution in [1.29, 1.82) is 0 Å². The van der Waals surface area contributed by atoms with Gasteiger partial charge in [0.2, 0.25) is 0 Å². The highest BCUT2D eigenvalue weighted by Gasteiger charge is 2.25. The minimum absolute atomic E-state index is 0.0726. The lowest BCUT2D eigenvalue weighted by molar-refractivity contribution is 0.0535. The minimum atomic E-state index is -0.103. The average molecular weight is 364 g/mol. The third-order valence-electron chi connectivity index (χ3n) is 3.90. The van der Waals surface area contributed by atoms with Crippen LogP contribution in [0.2, 0.25) is 10.2 Å². The van der Waals surface area contributed by atoms with Gasteiger partial charge in [0.15, 0.2) is 0 Å². The first-order chi connectivity index (χ1) is 11.5. The molecule has 1 aliphatic heterocycles. The molecule has 1 aromatic heterocycles. The van der Waals surface area contributed by atoms with Gasteiger partial charge < -0.3 is 9.80 Å². The van der Waals surface area contributed by atoms with Crippen LogP contribution < -0.4 is 0 Å². The highest BCUT2D eigenvalue weighted by Crippen LogP contribution is 2.16. The zero-order valence-electron chi connectivity index (χ0n) is 12.8. The molecule has 2 heterocycles. The number of carbonyl (C=O) groups is 2. The van der Waals surface area contributed by atoms with E-state index in [1.54, 1.807) is 46.2 Å². The van der Waals surface area contributed by atoms with E-state index in [0.717, 1.165) is 0 Å². The second-order valence-electron chi connectivity index (χ2n) is 5.46. The van der Waals surface area contributed by atoms with Crippen LogP contribution in [0.4, 0.5) is 0 Å². The Morgan fingerprint density at radius 2 is 1.46 bits per heavy atom. The molecule has 0 unspecified atom stereocenters. The van der Waals surface area contributed by atoms with Gasteiger partial charge in [-0.15, -0.1) is 0 Å². The fraction of sp³-hybridized carbons (Fsp3) is 0.235. The van der Waals surface area contributed by atoms with Gasteiger partial charge in [-0.1, -0.05) is 29.3 Å². The summed E-state index contributed by atoms with van der Waals surface area (Å²) in [5.74, 6) is -0.175. The molecule has 1 fully saturated rings. The van der Waals surface area contributed by atoms with Crippen LogP contribution in [0.25, 0.3) is 0 Å². The number of benzene rings is 1. The zero-order valence-corrected chi connectivity index (χ0v) is 14.3. The SMILES string of the molecule is O=C(c1cccc(Cl)c1)N1CCN(C(=O)c2ccnc(Cl)c2)CC1. The lowest BCUT2D eigenvalue weighted by atomic mass is 10.1. The summed E-state index contributed by atoms with van der Waals surface area (Å²) in [6, 6.07) is 10.1.